The molecule has 35 heavy (non-hydrogen) atoms. The highest BCUT2D eigenvalue weighted by molar-refractivity contribution is 5.08. The van der Waals surface area contributed by atoms with Crippen molar-refractivity contribution < 1.29 is 4.74 Å². The summed E-state index contributed by atoms with van der Waals surface area (Å²) in [5.74, 6) is 0. The van der Waals surface area contributed by atoms with Gasteiger partial charge in [-0.3, -0.25) is 0 Å². The predicted molar refractivity (Wildman–Crippen MR) is 158 cm³/mol. The van der Waals surface area contributed by atoms with Crippen LogP contribution in [0.15, 0.2) is 0 Å². The third kappa shape index (κ3) is 6.17. The third-order valence-electron chi connectivity index (χ3n) is 11.3. The molecule has 0 spiro atoms. The summed E-state index contributed by atoms with van der Waals surface area (Å²) in [6.45, 7) is 44.5. The summed E-state index contributed by atoms with van der Waals surface area (Å²) < 4.78 is 5.39. The maximum Gasteiger partial charge on any atom is 0.0554 e. The minimum absolute atomic E-state index is 0.351. The summed E-state index contributed by atoms with van der Waals surface area (Å²) in [5, 5.41) is 0. The molecule has 0 aromatic carbocycles. The maximum atomic E-state index is 5.39. The van der Waals surface area contributed by atoms with Crippen molar-refractivity contribution in [2.24, 2.45) is 48.7 Å². The van der Waals surface area contributed by atoms with Crippen LogP contribution in [-0.2, 0) is 4.74 Å². The van der Waals surface area contributed by atoms with Crippen LogP contribution in [0, 0.1) is 48.7 Å². The van der Waals surface area contributed by atoms with Gasteiger partial charge in [-0.25, -0.2) is 0 Å². The largest absolute Gasteiger partial charge is 0.380 e. The summed E-state index contributed by atoms with van der Waals surface area (Å²) in [6, 6.07) is 0. The van der Waals surface area contributed by atoms with Crippen molar-refractivity contribution in [3.05, 3.63) is 0 Å². The monoisotopic (exact) mass is 493 g/mol. The number of rotatable bonds is 0. The first-order valence-electron chi connectivity index (χ1n) is 14.7. The van der Waals surface area contributed by atoms with E-state index in [9.17, 15) is 0 Å². The molecule has 3 rings (SSSR count). The highest BCUT2D eigenvalue weighted by Crippen LogP contribution is 2.67. The predicted octanol–water partition coefficient (Wildman–Crippen LogP) is 11.2. The van der Waals surface area contributed by atoms with Crippen LogP contribution in [0.1, 0.15) is 157 Å². The molecule has 1 heteroatoms. The van der Waals surface area contributed by atoms with Gasteiger partial charge < -0.3 is 4.74 Å². The molecule has 2 aliphatic carbocycles. The maximum absolute atomic E-state index is 5.39. The van der Waals surface area contributed by atoms with E-state index in [1.807, 2.05) is 0 Å². The zero-order valence-corrected chi connectivity index (χ0v) is 27.9. The van der Waals surface area contributed by atoms with Crippen LogP contribution in [-0.4, -0.2) is 13.2 Å². The Bertz CT molecular complexity index is 580. The molecule has 0 radical (unpaired) electrons. The minimum Gasteiger partial charge on any atom is -0.380 e. The molecular weight excluding hydrogens is 424 g/mol. The molecule has 1 saturated heterocycles. The van der Waals surface area contributed by atoms with Crippen molar-refractivity contribution in [3.8, 4) is 0 Å². The molecule has 2 saturated carbocycles. The van der Waals surface area contributed by atoms with Crippen LogP contribution in [0.5, 0.6) is 0 Å². The van der Waals surface area contributed by atoms with Gasteiger partial charge >= 0.3 is 0 Å². The Kier molecular flexibility index (Phi) is 9.06. The van der Waals surface area contributed by atoms with Crippen LogP contribution in [0.25, 0.3) is 0 Å². The second-order valence-electron chi connectivity index (χ2n) is 18.6. The van der Waals surface area contributed by atoms with Gasteiger partial charge in [0.2, 0.25) is 0 Å². The van der Waals surface area contributed by atoms with Gasteiger partial charge in [0.25, 0.3) is 0 Å². The molecule has 0 N–H and O–H groups in total. The summed E-state index contributed by atoms with van der Waals surface area (Å²) in [7, 11) is 0. The number of hydrogen-bond donors (Lipinski definition) is 0. The molecule has 0 amide bonds. The highest BCUT2D eigenvalue weighted by atomic mass is 16.5. The molecule has 0 aromatic heterocycles. The number of ether oxygens (including phenoxy) is 1. The SMILES string of the molecule is CC(C)(C)C1(C(C)(C)C)CC1.CC(C)(C)C1(C(C)(C)C)CCC1.CC(C)(C)C1(C(C)(C)C)COC1. The molecular formula is C34H68O. The summed E-state index contributed by atoms with van der Waals surface area (Å²) in [5.41, 5.74) is 4.23. The average Bonchev–Trinajstić information content (AvgIpc) is 3.17. The van der Waals surface area contributed by atoms with Crippen molar-refractivity contribution in [1.29, 1.82) is 0 Å². The van der Waals surface area contributed by atoms with E-state index in [4.69, 9.17) is 4.74 Å². The van der Waals surface area contributed by atoms with E-state index in [1.54, 1.807) is 0 Å². The van der Waals surface area contributed by atoms with Crippen LogP contribution in [0.2, 0.25) is 0 Å². The van der Waals surface area contributed by atoms with Gasteiger partial charge in [-0.2, -0.15) is 0 Å². The first kappa shape index (κ1) is 33.0. The Morgan fingerprint density at radius 1 is 0.343 bits per heavy atom. The lowest BCUT2D eigenvalue weighted by Gasteiger charge is -2.60. The van der Waals surface area contributed by atoms with Crippen molar-refractivity contribution in [3.63, 3.8) is 0 Å². The van der Waals surface area contributed by atoms with Gasteiger partial charge in [-0.05, 0) is 69.0 Å². The molecule has 1 nitrogen and oxygen atoms in total. The molecule has 210 valence electrons. The Morgan fingerprint density at radius 3 is 0.571 bits per heavy atom. The van der Waals surface area contributed by atoms with Gasteiger partial charge in [-0.1, -0.05) is 131 Å². The van der Waals surface area contributed by atoms with E-state index in [0.29, 0.717) is 48.7 Å². The minimum atomic E-state index is 0.351. The Labute approximate surface area is 223 Å². The second-order valence-corrected chi connectivity index (χ2v) is 18.6. The van der Waals surface area contributed by atoms with Crippen molar-refractivity contribution in [2.45, 2.75) is 157 Å². The standard InChI is InChI=1S/C12H24.C11H22O.C11H22/c1-10(2,3)12(8-7-9-12)11(4,5)6;1-9(2,3)11(7-12-8-11)10(4,5)6;1-9(2,3)11(7-8-11)10(4,5)6/h7-9H2,1-6H3;7-8H2,1-6H3;7-8H2,1-6H3. The van der Waals surface area contributed by atoms with Crippen LogP contribution in [0.3, 0.4) is 0 Å². The smallest absolute Gasteiger partial charge is 0.0554 e. The quantitative estimate of drug-likeness (QED) is 0.326. The average molecular weight is 493 g/mol. The molecule has 0 unspecified atom stereocenters. The molecule has 0 aromatic rings. The Balaban J connectivity index is 0.000000263. The zero-order chi connectivity index (χ0) is 28.2. The van der Waals surface area contributed by atoms with Crippen LogP contribution >= 0.6 is 0 Å². The Hall–Kier alpha value is -0.0400. The lowest BCUT2D eigenvalue weighted by Crippen LogP contribution is -2.59. The van der Waals surface area contributed by atoms with Crippen LogP contribution < -0.4 is 0 Å². The topological polar surface area (TPSA) is 9.23 Å². The van der Waals surface area contributed by atoms with E-state index in [-0.39, 0.29) is 0 Å². The molecule has 1 heterocycles. The van der Waals surface area contributed by atoms with E-state index in [1.165, 1.54) is 32.1 Å². The van der Waals surface area contributed by atoms with E-state index >= 15 is 0 Å². The lowest BCUT2D eigenvalue weighted by atomic mass is 9.45. The molecule has 0 bridgehead atoms. The van der Waals surface area contributed by atoms with Crippen molar-refractivity contribution >= 4 is 0 Å². The third-order valence-corrected chi connectivity index (χ3v) is 11.3. The van der Waals surface area contributed by atoms with E-state index < -0.39 is 0 Å². The van der Waals surface area contributed by atoms with E-state index in [0.717, 1.165) is 13.2 Å². The molecule has 3 aliphatic rings. The van der Waals surface area contributed by atoms with Gasteiger partial charge in [0, 0.05) is 5.41 Å². The second kappa shape index (κ2) is 9.61. The Morgan fingerprint density at radius 2 is 0.571 bits per heavy atom. The van der Waals surface area contributed by atoms with Gasteiger partial charge in [0.05, 0.1) is 13.2 Å². The van der Waals surface area contributed by atoms with Crippen LogP contribution in [0.4, 0.5) is 0 Å². The van der Waals surface area contributed by atoms with Gasteiger partial charge in [-0.15, -0.1) is 0 Å². The van der Waals surface area contributed by atoms with Crippen molar-refractivity contribution in [2.75, 3.05) is 13.2 Å². The van der Waals surface area contributed by atoms with Crippen molar-refractivity contribution in [1.82, 2.24) is 0 Å². The fourth-order valence-corrected chi connectivity index (χ4v) is 8.20. The highest BCUT2D eigenvalue weighted by Gasteiger charge is 2.59. The first-order valence-corrected chi connectivity index (χ1v) is 14.7. The molecule has 0 atom stereocenters. The zero-order valence-electron chi connectivity index (χ0n) is 27.9. The first-order chi connectivity index (χ1) is 15.1. The fourth-order valence-electron chi connectivity index (χ4n) is 8.20. The summed E-state index contributed by atoms with van der Waals surface area (Å²) in [6.07, 6.45) is 7.16. The normalized spacial score (nSPS) is 23.5. The van der Waals surface area contributed by atoms with E-state index in [2.05, 4.69) is 125 Å². The summed E-state index contributed by atoms with van der Waals surface area (Å²) in [4.78, 5) is 0. The van der Waals surface area contributed by atoms with Gasteiger partial charge in [0.1, 0.15) is 0 Å². The number of hydrogen-bond acceptors (Lipinski definition) is 1. The lowest BCUT2D eigenvalue weighted by molar-refractivity contribution is -0.224. The summed E-state index contributed by atoms with van der Waals surface area (Å²) >= 11 is 0. The molecule has 3 fully saturated rings. The van der Waals surface area contributed by atoms with Gasteiger partial charge in [0.15, 0.2) is 0 Å². The molecule has 1 aliphatic heterocycles. The fraction of sp³-hybridized carbons (Fsp3) is 1.00.